The first kappa shape index (κ1) is 12.8. The summed E-state index contributed by atoms with van der Waals surface area (Å²) < 4.78 is 1.46. The third kappa shape index (κ3) is 2.61. The lowest BCUT2D eigenvalue weighted by Crippen LogP contribution is -2.31. The smallest absolute Gasteiger partial charge is 0.254 e. The number of pyridine rings is 1. The molecule has 18 heavy (non-hydrogen) atoms. The van der Waals surface area contributed by atoms with Gasteiger partial charge in [-0.05, 0) is 32.0 Å². The van der Waals surface area contributed by atoms with Gasteiger partial charge in [-0.25, -0.2) is 0 Å². The molecule has 98 valence electrons. The fourth-order valence-electron chi connectivity index (χ4n) is 2.34. The molecule has 1 aliphatic rings. The monoisotopic (exact) mass is 249 g/mol. The van der Waals surface area contributed by atoms with Crippen molar-refractivity contribution in [3.63, 3.8) is 0 Å². The zero-order chi connectivity index (χ0) is 13.1. The second-order valence-corrected chi connectivity index (χ2v) is 4.83. The van der Waals surface area contributed by atoms with E-state index in [1.54, 1.807) is 19.3 Å². The highest BCUT2D eigenvalue weighted by atomic mass is 16.2. The van der Waals surface area contributed by atoms with Crippen molar-refractivity contribution in [1.29, 1.82) is 0 Å². The first-order valence-electron chi connectivity index (χ1n) is 6.22. The second-order valence-electron chi connectivity index (χ2n) is 4.83. The number of amides is 1. The number of hydrogen-bond donors (Lipinski definition) is 1. The van der Waals surface area contributed by atoms with E-state index in [-0.39, 0.29) is 11.5 Å². The summed E-state index contributed by atoms with van der Waals surface area (Å²) in [6, 6.07) is 3.11. The Labute approximate surface area is 106 Å². The van der Waals surface area contributed by atoms with Gasteiger partial charge in [-0.15, -0.1) is 0 Å². The van der Waals surface area contributed by atoms with E-state index in [0.717, 1.165) is 26.1 Å². The van der Waals surface area contributed by atoms with E-state index in [1.165, 1.54) is 10.6 Å². The molecule has 1 saturated heterocycles. The second kappa shape index (κ2) is 5.35. The van der Waals surface area contributed by atoms with Crippen LogP contribution in [0.15, 0.2) is 23.1 Å². The van der Waals surface area contributed by atoms with Crippen LogP contribution in [0.1, 0.15) is 16.8 Å². The fourth-order valence-corrected chi connectivity index (χ4v) is 2.34. The molecule has 0 saturated carbocycles. The van der Waals surface area contributed by atoms with Crippen LogP contribution < -0.4 is 10.9 Å². The number of likely N-dealkylation sites (tertiary alicyclic amines) is 1. The number of nitrogens with one attached hydrogen (secondary N) is 1. The molecule has 1 fully saturated rings. The largest absolute Gasteiger partial charge is 0.338 e. The summed E-state index contributed by atoms with van der Waals surface area (Å²) in [5.41, 5.74) is 0.343. The number of carbonyl (C=O) groups excluding carboxylic acids is 1. The molecule has 0 bridgehead atoms. The molecule has 1 atom stereocenters. The van der Waals surface area contributed by atoms with E-state index in [9.17, 15) is 9.59 Å². The van der Waals surface area contributed by atoms with E-state index in [4.69, 9.17) is 0 Å². The van der Waals surface area contributed by atoms with Crippen LogP contribution in [0.4, 0.5) is 0 Å². The van der Waals surface area contributed by atoms with Gasteiger partial charge >= 0.3 is 0 Å². The maximum absolute atomic E-state index is 12.2. The summed E-state index contributed by atoms with van der Waals surface area (Å²) in [6.45, 7) is 2.48. The predicted molar refractivity (Wildman–Crippen MR) is 69.6 cm³/mol. The minimum absolute atomic E-state index is 0.0358. The topological polar surface area (TPSA) is 54.3 Å². The van der Waals surface area contributed by atoms with E-state index >= 15 is 0 Å². The van der Waals surface area contributed by atoms with Crippen molar-refractivity contribution in [3.05, 3.63) is 34.2 Å². The fraction of sp³-hybridized carbons (Fsp3) is 0.538. The molecule has 0 aliphatic carbocycles. The molecule has 1 aromatic rings. The van der Waals surface area contributed by atoms with Crippen LogP contribution in [0, 0.1) is 5.92 Å². The van der Waals surface area contributed by atoms with Gasteiger partial charge in [-0.3, -0.25) is 9.59 Å². The van der Waals surface area contributed by atoms with E-state index in [2.05, 4.69) is 5.32 Å². The van der Waals surface area contributed by atoms with Crippen molar-refractivity contribution in [3.8, 4) is 0 Å². The molecule has 1 aliphatic heterocycles. The molecule has 5 heteroatoms. The standard InChI is InChI=1S/C13H19N3O2/c1-14-8-10-3-6-16(9-10)13(18)11-4-5-15(2)12(17)7-11/h4-5,7,10,14H,3,6,8-9H2,1-2H3. The van der Waals surface area contributed by atoms with E-state index in [1.807, 2.05) is 11.9 Å². The molecule has 0 aromatic carbocycles. The molecule has 0 spiro atoms. The Kier molecular flexibility index (Phi) is 3.81. The summed E-state index contributed by atoms with van der Waals surface area (Å²) >= 11 is 0. The molecule has 1 aromatic heterocycles. The van der Waals surface area contributed by atoms with E-state index in [0.29, 0.717) is 11.5 Å². The highest BCUT2D eigenvalue weighted by Crippen LogP contribution is 2.17. The highest BCUT2D eigenvalue weighted by Gasteiger charge is 2.26. The molecule has 1 N–H and O–H groups in total. The molecule has 1 unspecified atom stereocenters. The molecule has 5 nitrogen and oxygen atoms in total. The van der Waals surface area contributed by atoms with Crippen molar-refractivity contribution in [2.45, 2.75) is 6.42 Å². The van der Waals surface area contributed by atoms with Crippen LogP contribution >= 0.6 is 0 Å². The van der Waals surface area contributed by atoms with Gasteiger partial charge in [-0.2, -0.15) is 0 Å². The van der Waals surface area contributed by atoms with Gasteiger partial charge in [0.1, 0.15) is 0 Å². The van der Waals surface area contributed by atoms with Crippen molar-refractivity contribution < 1.29 is 4.79 Å². The minimum Gasteiger partial charge on any atom is -0.338 e. The van der Waals surface area contributed by atoms with Crippen LogP contribution in [0.2, 0.25) is 0 Å². The Morgan fingerprint density at radius 3 is 3.00 bits per heavy atom. The Morgan fingerprint density at radius 1 is 1.56 bits per heavy atom. The zero-order valence-electron chi connectivity index (χ0n) is 10.8. The lowest BCUT2D eigenvalue weighted by molar-refractivity contribution is 0.0787. The van der Waals surface area contributed by atoms with Crippen molar-refractivity contribution in [2.75, 3.05) is 26.7 Å². The van der Waals surface area contributed by atoms with Crippen molar-refractivity contribution in [1.82, 2.24) is 14.8 Å². The predicted octanol–water partition coefficient (Wildman–Crippen LogP) is 0.0668. The highest BCUT2D eigenvalue weighted by molar-refractivity contribution is 5.94. The van der Waals surface area contributed by atoms with Gasteiger partial charge in [0.25, 0.3) is 11.5 Å². The number of nitrogens with zero attached hydrogens (tertiary/aromatic N) is 2. The third-order valence-corrected chi connectivity index (χ3v) is 3.42. The molecular formula is C13H19N3O2. The lowest BCUT2D eigenvalue weighted by Gasteiger charge is -2.16. The quantitative estimate of drug-likeness (QED) is 0.824. The Hall–Kier alpha value is -1.62. The third-order valence-electron chi connectivity index (χ3n) is 3.42. The molecular weight excluding hydrogens is 230 g/mol. The minimum atomic E-state index is -0.146. The van der Waals surface area contributed by atoms with Crippen LogP contribution in [0.25, 0.3) is 0 Å². The van der Waals surface area contributed by atoms with Gasteiger partial charge < -0.3 is 14.8 Å². The molecule has 1 amide bonds. The van der Waals surface area contributed by atoms with Gasteiger partial charge in [-0.1, -0.05) is 0 Å². The van der Waals surface area contributed by atoms with Crippen LogP contribution in [0.5, 0.6) is 0 Å². The molecule has 2 rings (SSSR count). The average Bonchev–Trinajstić information content (AvgIpc) is 2.81. The van der Waals surface area contributed by atoms with Crippen LogP contribution in [-0.2, 0) is 7.05 Å². The van der Waals surface area contributed by atoms with Gasteiger partial charge in [0.2, 0.25) is 0 Å². The summed E-state index contributed by atoms with van der Waals surface area (Å²) in [5, 5.41) is 3.13. The number of aromatic nitrogens is 1. The SMILES string of the molecule is CNCC1CCN(C(=O)c2ccn(C)c(=O)c2)C1. The average molecular weight is 249 g/mol. The summed E-state index contributed by atoms with van der Waals surface area (Å²) in [4.78, 5) is 25.6. The number of carbonyl (C=O) groups is 1. The Bertz CT molecular complexity index is 495. The number of aryl methyl sites for hydroxylation is 1. The summed E-state index contributed by atoms with van der Waals surface area (Å²) in [6.07, 6.45) is 2.66. The molecule has 0 radical (unpaired) electrons. The lowest BCUT2D eigenvalue weighted by atomic mass is 10.1. The first-order valence-corrected chi connectivity index (χ1v) is 6.22. The Morgan fingerprint density at radius 2 is 2.33 bits per heavy atom. The van der Waals surface area contributed by atoms with Gasteiger partial charge in [0.05, 0.1) is 0 Å². The summed E-state index contributed by atoms with van der Waals surface area (Å²) in [5.74, 6) is 0.483. The van der Waals surface area contributed by atoms with Gasteiger partial charge in [0.15, 0.2) is 0 Å². The van der Waals surface area contributed by atoms with Crippen molar-refractivity contribution in [2.24, 2.45) is 13.0 Å². The normalized spacial score (nSPS) is 19.2. The van der Waals surface area contributed by atoms with Crippen LogP contribution in [0.3, 0.4) is 0 Å². The Balaban J connectivity index is 2.08. The van der Waals surface area contributed by atoms with Crippen LogP contribution in [-0.4, -0.2) is 42.1 Å². The summed E-state index contributed by atoms with van der Waals surface area (Å²) in [7, 11) is 3.60. The van der Waals surface area contributed by atoms with Crippen molar-refractivity contribution >= 4 is 5.91 Å². The van der Waals surface area contributed by atoms with E-state index < -0.39 is 0 Å². The first-order chi connectivity index (χ1) is 8.61. The number of hydrogen-bond acceptors (Lipinski definition) is 3. The number of rotatable bonds is 3. The maximum atomic E-state index is 12.2. The maximum Gasteiger partial charge on any atom is 0.254 e. The zero-order valence-corrected chi connectivity index (χ0v) is 10.8. The van der Waals surface area contributed by atoms with Gasteiger partial charge in [0, 0.05) is 38.0 Å². The molecule has 2 heterocycles.